The van der Waals surface area contributed by atoms with Crippen LogP contribution in [0.15, 0.2) is 42.7 Å². The summed E-state index contributed by atoms with van der Waals surface area (Å²) < 4.78 is 19.7. The van der Waals surface area contributed by atoms with Gasteiger partial charge in [-0.05, 0) is 49.7 Å². The van der Waals surface area contributed by atoms with Crippen LogP contribution in [0.1, 0.15) is 18.4 Å². The van der Waals surface area contributed by atoms with E-state index in [4.69, 9.17) is 4.74 Å². The van der Waals surface area contributed by atoms with Gasteiger partial charge in [0, 0.05) is 18.9 Å². The summed E-state index contributed by atoms with van der Waals surface area (Å²) in [5.41, 5.74) is 1.91. The first kappa shape index (κ1) is 14.2. The van der Waals surface area contributed by atoms with E-state index < -0.39 is 0 Å². The summed E-state index contributed by atoms with van der Waals surface area (Å²) in [5.74, 6) is 0.498. The molecule has 0 unspecified atom stereocenters. The standard InChI is InChI=1S/C18H18FN3O/c19-14-5-1-2-6-15(14)23-16-7-8-20-18-17(16)13(11-21-18)12-22-9-3-4-10-22/h1-2,5-8,11H,3-4,9-10,12H2,(H,20,21). The SMILES string of the molecule is Fc1ccccc1Oc1ccnc2[nH]cc(CN3CCCC3)c12. The van der Waals surface area contributed by atoms with Gasteiger partial charge in [0.2, 0.25) is 0 Å². The molecule has 4 rings (SSSR count). The van der Waals surface area contributed by atoms with Crippen LogP contribution in [0.25, 0.3) is 11.0 Å². The lowest BCUT2D eigenvalue weighted by Crippen LogP contribution is -2.18. The fourth-order valence-corrected chi connectivity index (χ4v) is 3.13. The second-order valence-electron chi connectivity index (χ2n) is 5.86. The number of nitrogens with one attached hydrogen (secondary N) is 1. The van der Waals surface area contributed by atoms with E-state index in [2.05, 4.69) is 14.9 Å². The minimum absolute atomic E-state index is 0.230. The molecule has 1 aliphatic heterocycles. The van der Waals surface area contributed by atoms with Crippen LogP contribution in [0.3, 0.4) is 0 Å². The number of halogens is 1. The third kappa shape index (κ3) is 2.80. The molecular formula is C18H18FN3O. The van der Waals surface area contributed by atoms with Crippen LogP contribution >= 0.6 is 0 Å². The Morgan fingerprint density at radius 2 is 1.96 bits per heavy atom. The average Bonchev–Trinajstić information content (AvgIpc) is 3.21. The highest BCUT2D eigenvalue weighted by Gasteiger charge is 2.17. The predicted octanol–water partition coefficient (Wildman–Crippen LogP) is 4.09. The molecule has 0 aliphatic carbocycles. The van der Waals surface area contributed by atoms with Crippen molar-refractivity contribution >= 4 is 11.0 Å². The maximum absolute atomic E-state index is 13.9. The van der Waals surface area contributed by atoms with Gasteiger partial charge in [0.15, 0.2) is 11.6 Å². The van der Waals surface area contributed by atoms with Crippen molar-refractivity contribution in [1.82, 2.24) is 14.9 Å². The average molecular weight is 311 g/mol. The molecule has 0 spiro atoms. The molecule has 1 N–H and O–H groups in total. The normalized spacial score (nSPS) is 15.3. The third-order valence-corrected chi connectivity index (χ3v) is 4.27. The molecule has 4 nitrogen and oxygen atoms in total. The third-order valence-electron chi connectivity index (χ3n) is 4.27. The second kappa shape index (κ2) is 6.01. The zero-order chi connectivity index (χ0) is 15.6. The van der Waals surface area contributed by atoms with Gasteiger partial charge < -0.3 is 9.72 Å². The van der Waals surface area contributed by atoms with Crippen LogP contribution in [0.5, 0.6) is 11.5 Å². The van der Waals surface area contributed by atoms with Crippen molar-refractivity contribution in [2.45, 2.75) is 19.4 Å². The van der Waals surface area contributed by atoms with Crippen LogP contribution in [0.4, 0.5) is 4.39 Å². The molecule has 3 heterocycles. The highest BCUT2D eigenvalue weighted by Crippen LogP contribution is 2.33. The number of fused-ring (bicyclic) bond motifs is 1. The van der Waals surface area contributed by atoms with Gasteiger partial charge in [0.1, 0.15) is 11.4 Å². The van der Waals surface area contributed by atoms with Crippen LogP contribution in [-0.2, 0) is 6.54 Å². The minimum atomic E-state index is -0.367. The van der Waals surface area contributed by atoms with E-state index >= 15 is 0 Å². The molecule has 0 saturated carbocycles. The fourth-order valence-electron chi connectivity index (χ4n) is 3.13. The number of H-pyrrole nitrogens is 1. The van der Waals surface area contributed by atoms with Crippen molar-refractivity contribution in [3.8, 4) is 11.5 Å². The molecule has 0 bridgehead atoms. The van der Waals surface area contributed by atoms with Crippen molar-refractivity contribution in [3.05, 3.63) is 54.1 Å². The number of ether oxygens (including phenoxy) is 1. The Morgan fingerprint density at radius 1 is 1.13 bits per heavy atom. The molecule has 23 heavy (non-hydrogen) atoms. The first-order chi connectivity index (χ1) is 11.3. The molecule has 5 heteroatoms. The van der Waals surface area contributed by atoms with E-state index in [-0.39, 0.29) is 11.6 Å². The Balaban J connectivity index is 1.71. The lowest BCUT2D eigenvalue weighted by Gasteiger charge is -2.14. The van der Waals surface area contributed by atoms with E-state index in [1.807, 2.05) is 6.20 Å². The number of benzene rings is 1. The summed E-state index contributed by atoms with van der Waals surface area (Å²) in [6.45, 7) is 3.10. The Hall–Kier alpha value is -2.40. The zero-order valence-electron chi connectivity index (χ0n) is 12.8. The summed E-state index contributed by atoms with van der Waals surface area (Å²) >= 11 is 0. The number of aromatic amines is 1. The quantitative estimate of drug-likeness (QED) is 0.789. The molecule has 0 amide bonds. The molecule has 1 fully saturated rings. The van der Waals surface area contributed by atoms with E-state index in [0.717, 1.165) is 36.2 Å². The van der Waals surface area contributed by atoms with Crippen LogP contribution in [0.2, 0.25) is 0 Å². The number of para-hydroxylation sites is 1. The number of aromatic nitrogens is 2. The van der Waals surface area contributed by atoms with Gasteiger partial charge in [-0.25, -0.2) is 9.37 Å². The number of pyridine rings is 1. The minimum Gasteiger partial charge on any atom is -0.453 e. The summed E-state index contributed by atoms with van der Waals surface area (Å²) in [5, 5.41) is 0.933. The number of nitrogens with zero attached hydrogens (tertiary/aromatic N) is 2. The van der Waals surface area contributed by atoms with Gasteiger partial charge in [0.05, 0.1) is 5.39 Å². The van der Waals surface area contributed by atoms with Crippen molar-refractivity contribution in [2.75, 3.05) is 13.1 Å². The van der Waals surface area contributed by atoms with Gasteiger partial charge in [0.25, 0.3) is 0 Å². The Morgan fingerprint density at radius 3 is 2.78 bits per heavy atom. The summed E-state index contributed by atoms with van der Waals surface area (Å²) in [6, 6.07) is 8.24. The maximum Gasteiger partial charge on any atom is 0.165 e. The summed E-state index contributed by atoms with van der Waals surface area (Å²) in [6.07, 6.45) is 6.15. The van der Waals surface area contributed by atoms with Crippen LogP contribution in [0, 0.1) is 5.82 Å². The van der Waals surface area contributed by atoms with Gasteiger partial charge in [-0.2, -0.15) is 0 Å². The Bertz CT molecular complexity index is 824. The monoisotopic (exact) mass is 311 g/mol. The first-order valence-corrected chi connectivity index (χ1v) is 7.91. The molecule has 1 aliphatic rings. The smallest absolute Gasteiger partial charge is 0.165 e. The molecule has 1 saturated heterocycles. The van der Waals surface area contributed by atoms with Crippen LogP contribution in [-0.4, -0.2) is 28.0 Å². The van der Waals surface area contributed by atoms with E-state index in [1.165, 1.54) is 18.9 Å². The number of hydrogen-bond donors (Lipinski definition) is 1. The van der Waals surface area contributed by atoms with Gasteiger partial charge in [-0.15, -0.1) is 0 Å². The predicted molar refractivity (Wildman–Crippen MR) is 87.1 cm³/mol. The van der Waals surface area contributed by atoms with Crippen molar-refractivity contribution in [3.63, 3.8) is 0 Å². The molecule has 0 atom stereocenters. The number of rotatable bonds is 4. The van der Waals surface area contributed by atoms with Crippen molar-refractivity contribution < 1.29 is 9.13 Å². The zero-order valence-corrected chi connectivity index (χ0v) is 12.8. The fraction of sp³-hybridized carbons (Fsp3) is 0.278. The van der Waals surface area contributed by atoms with E-state index in [1.54, 1.807) is 30.5 Å². The topological polar surface area (TPSA) is 41.1 Å². The summed E-state index contributed by atoms with van der Waals surface area (Å²) in [4.78, 5) is 9.96. The maximum atomic E-state index is 13.9. The van der Waals surface area contributed by atoms with E-state index in [9.17, 15) is 4.39 Å². The Kier molecular flexibility index (Phi) is 3.71. The summed E-state index contributed by atoms with van der Waals surface area (Å²) in [7, 11) is 0. The second-order valence-corrected chi connectivity index (χ2v) is 5.86. The molecule has 3 aromatic rings. The highest BCUT2D eigenvalue weighted by molar-refractivity contribution is 5.86. The van der Waals surface area contributed by atoms with Gasteiger partial charge in [-0.1, -0.05) is 12.1 Å². The van der Waals surface area contributed by atoms with Gasteiger partial charge in [-0.3, -0.25) is 4.90 Å². The lowest BCUT2D eigenvalue weighted by molar-refractivity contribution is 0.332. The molecule has 1 aromatic carbocycles. The first-order valence-electron chi connectivity index (χ1n) is 7.91. The molecule has 0 radical (unpaired) electrons. The van der Waals surface area contributed by atoms with Crippen molar-refractivity contribution in [2.24, 2.45) is 0 Å². The number of hydrogen-bond acceptors (Lipinski definition) is 3. The van der Waals surface area contributed by atoms with Gasteiger partial charge >= 0.3 is 0 Å². The Labute approximate surface area is 133 Å². The highest BCUT2D eigenvalue weighted by atomic mass is 19.1. The van der Waals surface area contributed by atoms with E-state index in [0.29, 0.717) is 5.75 Å². The van der Waals surface area contributed by atoms with Crippen molar-refractivity contribution in [1.29, 1.82) is 0 Å². The largest absolute Gasteiger partial charge is 0.453 e. The lowest BCUT2D eigenvalue weighted by atomic mass is 10.2. The molecular weight excluding hydrogens is 293 g/mol. The van der Waals surface area contributed by atoms with Crippen LogP contribution < -0.4 is 4.74 Å². The molecule has 118 valence electrons. The molecule has 2 aromatic heterocycles. The number of likely N-dealkylation sites (tertiary alicyclic amines) is 1.